The second kappa shape index (κ2) is 4.44. The Kier molecular flexibility index (Phi) is 3.66. The minimum Gasteiger partial charge on any atom is -0.299 e. The van der Waals surface area contributed by atoms with E-state index in [9.17, 15) is 4.79 Å². The molecule has 0 radical (unpaired) electrons. The van der Waals surface area contributed by atoms with E-state index >= 15 is 0 Å². The van der Waals surface area contributed by atoms with Crippen molar-refractivity contribution in [3.63, 3.8) is 0 Å². The van der Waals surface area contributed by atoms with Gasteiger partial charge in [0.25, 0.3) is 0 Å². The van der Waals surface area contributed by atoms with Gasteiger partial charge >= 0.3 is 0 Å². The van der Waals surface area contributed by atoms with Crippen molar-refractivity contribution in [1.29, 1.82) is 0 Å². The van der Waals surface area contributed by atoms with E-state index < -0.39 is 0 Å². The molecule has 0 N–H and O–H groups in total. The van der Waals surface area contributed by atoms with Crippen LogP contribution in [-0.4, -0.2) is 10.8 Å². The Morgan fingerprint density at radius 2 is 2.07 bits per heavy atom. The van der Waals surface area contributed by atoms with Crippen LogP contribution in [0.4, 0.5) is 0 Å². The largest absolute Gasteiger partial charge is 0.299 e. The average molecular weight is 225 g/mol. The Bertz CT molecular complexity index is 347. The Morgan fingerprint density at radius 3 is 2.47 bits per heavy atom. The van der Waals surface area contributed by atoms with Gasteiger partial charge in [0.1, 0.15) is 10.8 Å². The number of carbonyl (C=O) groups is 1. The number of nitrogens with zero attached hydrogens (tertiary/aromatic N) is 1. The van der Waals surface area contributed by atoms with E-state index in [2.05, 4.69) is 31.1 Å². The molecule has 1 aromatic heterocycles. The maximum absolute atomic E-state index is 11.5. The first-order valence-electron chi connectivity index (χ1n) is 5.28. The predicted octanol–water partition coefficient (Wildman–Crippen LogP) is 3.21. The van der Waals surface area contributed by atoms with E-state index in [-0.39, 0.29) is 17.1 Å². The smallest absolute Gasteiger partial charge is 0.142 e. The highest BCUT2D eigenvalue weighted by molar-refractivity contribution is 7.09. The van der Waals surface area contributed by atoms with Gasteiger partial charge in [0, 0.05) is 16.7 Å². The number of Topliss-reactive ketones (excluding diaryl/α,β-unsaturated/α-hetero) is 1. The first-order chi connectivity index (χ1) is 6.80. The predicted molar refractivity (Wildman–Crippen MR) is 64.4 cm³/mol. The molecule has 1 heterocycles. The van der Waals surface area contributed by atoms with Crippen molar-refractivity contribution in [1.82, 2.24) is 4.98 Å². The highest BCUT2D eigenvalue weighted by Crippen LogP contribution is 2.24. The summed E-state index contributed by atoms with van der Waals surface area (Å²) in [5.41, 5.74) is 1.16. The number of hydrogen-bond acceptors (Lipinski definition) is 3. The summed E-state index contributed by atoms with van der Waals surface area (Å²) in [5, 5.41) is 3.00. The van der Waals surface area contributed by atoms with Crippen molar-refractivity contribution in [3.05, 3.63) is 16.1 Å². The zero-order chi connectivity index (χ0) is 11.6. The van der Waals surface area contributed by atoms with Crippen LogP contribution in [0.25, 0.3) is 0 Å². The summed E-state index contributed by atoms with van der Waals surface area (Å²) in [4.78, 5) is 16.0. The highest BCUT2D eigenvalue weighted by Gasteiger charge is 2.18. The molecule has 84 valence electrons. The summed E-state index contributed by atoms with van der Waals surface area (Å²) >= 11 is 1.59. The molecule has 0 aliphatic rings. The van der Waals surface area contributed by atoms with Gasteiger partial charge in [0.05, 0.1) is 12.1 Å². The molecule has 0 unspecified atom stereocenters. The number of hydrogen-bond donors (Lipinski definition) is 0. The highest BCUT2D eigenvalue weighted by atomic mass is 32.1. The molecule has 3 heteroatoms. The summed E-state index contributed by atoms with van der Waals surface area (Å²) in [6.07, 6.45) is 0.485. The van der Waals surface area contributed by atoms with E-state index in [0.29, 0.717) is 6.42 Å². The van der Waals surface area contributed by atoms with Crippen LogP contribution in [0, 0.1) is 5.92 Å². The fourth-order valence-corrected chi connectivity index (χ4v) is 2.12. The van der Waals surface area contributed by atoms with Gasteiger partial charge < -0.3 is 0 Å². The van der Waals surface area contributed by atoms with Crippen LogP contribution >= 0.6 is 11.3 Å². The molecule has 0 saturated carbocycles. The molecule has 1 aromatic rings. The van der Waals surface area contributed by atoms with Crippen LogP contribution in [0.5, 0.6) is 0 Å². The molecule has 0 aliphatic heterocycles. The Labute approximate surface area is 95.7 Å². The van der Waals surface area contributed by atoms with E-state index in [1.54, 1.807) is 11.3 Å². The minimum absolute atomic E-state index is 0.0790. The maximum Gasteiger partial charge on any atom is 0.142 e. The molecule has 1 rings (SSSR count). The molecule has 0 saturated heterocycles. The number of aromatic nitrogens is 1. The first kappa shape index (κ1) is 12.4. The van der Waals surface area contributed by atoms with Crippen molar-refractivity contribution in [3.8, 4) is 0 Å². The SMILES string of the molecule is CC(C)C(=O)Cc1nc(C(C)(C)C)cs1. The lowest BCUT2D eigenvalue weighted by Crippen LogP contribution is -2.13. The van der Waals surface area contributed by atoms with Gasteiger partial charge in [-0.25, -0.2) is 4.98 Å². The van der Waals surface area contributed by atoms with Crippen molar-refractivity contribution in [2.45, 2.75) is 46.5 Å². The lowest BCUT2D eigenvalue weighted by atomic mass is 9.93. The molecular formula is C12H19NOS. The van der Waals surface area contributed by atoms with Crippen LogP contribution in [0.1, 0.15) is 45.3 Å². The Morgan fingerprint density at radius 1 is 1.47 bits per heavy atom. The van der Waals surface area contributed by atoms with Gasteiger partial charge in [-0.2, -0.15) is 0 Å². The average Bonchev–Trinajstić information content (AvgIpc) is 2.51. The summed E-state index contributed by atoms with van der Waals surface area (Å²) in [7, 11) is 0. The first-order valence-corrected chi connectivity index (χ1v) is 6.16. The molecule has 0 aromatic carbocycles. The zero-order valence-corrected chi connectivity index (χ0v) is 10.9. The van der Waals surface area contributed by atoms with Crippen molar-refractivity contribution < 1.29 is 4.79 Å². The van der Waals surface area contributed by atoms with Crippen molar-refractivity contribution >= 4 is 17.1 Å². The summed E-state index contributed by atoms with van der Waals surface area (Å²) in [6.45, 7) is 10.3. The molecule has 0 fully saturated rings. The molecule has 0 bridgehead atoms. The lowest BCUT2D eigenvalue weighted by molar-refractivity contribution is -0.121. The molecule has 0 amide bonds. The second-order valence-corrected chi connectivity index (χ2v) is 6.12. The normalized spacial score (nSPS) is 12.1. The third-order valence-electron chi connectivity index (χ3n) is 2.29. The van der Waals surface area contributed by atoms with E-state index in [1.807, 2.05) is 13.8 Å². The van der Waals surface area contributed by atoms with Crippen LogP contribution in [0.2, 0.25) is 0 Å². The summed E-state index contributed by atoms with van der Waals surface area (Å²) < 4.78 is 0. The van der Waals surface area contributed by atoms with Gasteiger partial charge in [0.2, 0.25) is 0 Å². The Balaban J connectivity index is 2.73. The van der Waals surface area contributed by atoms with Gasteiger partial charge in [-0.15, -0.1) is 11.3 Å². The van der Waals surface area contributed by atoms with Crippen molar-refractivity contribution in [2.24, 2.45) is 5.92 Å². The fraction of sp³-hybridized carbons (Fsp3) is 0.667. The van der Waals surface area contributed by atoms with Crippen LogP contribution in [0.3, 0.4) is 0 Å². The number of thiazole rings is 1. The molecular weight excluding hydrogens is 206 g/mol. The topological polar surface area (TPSA) is 30.0 Å². The van der Waals surface area contributed by atoms with Crippen molar-refractivity contribution in [2.75, 3.05) is 0 Å². The third kappa shape index (κ3) is 3.42. The number of carbonyl (C=O) groups excluding carboxylic acids is 1. The molecule has 15 heavy (non-hydrogen) atoms. The third-order valence-corrected chi connectivity index (χ3v) is 3.14. The van der Waals surface area contributed by atoms with Crippen LogP contribution < -0.4 is 0 Å². The fourth-order valence-electron chi connectivity index (χ4n) is 1.09. The quantitative estimate of drug-likeness (QED) is 0.790. The standard InChI is InChI=1S/C12H19NOS/c1-8(2)9(14)6-11-13-10(7-15-11)12(3,4)5/h7-8H,6H2,1-5H3. The monoisotopic (exact) mass is 225 g/mol. The van der Waals surface area contributed by atoms with Gasteiger partial charge in [0.15, 0.2) is 0 Å². The second-order valence-electron chi connectivity index (χ2n) is 5.17. The van der Waals surface area contributed by atoms with E-state index in [4.69, 9.17) is 0 Å². The lowest BCUT2D eigenvalue weighted by Gasteiger charge is -2.14. The summed E-state index contributed by atoms with van der Waals surface area (Å²) in [5.74, 6) is 0.372. The maximum atomic E-state index is 11.5. The van der Waals surface area contributed by atoms with Gasteiger partial charge in [-0.1, -0.05) is 34.6 Å². The Hall–Kier alpha value is -0.700. The molecule has 0 spiro atoms. The molecule has 0 atom stereocenters. The van der Waals surface area contributed by atoms with E-state index in [1.165, 1.54) is 0 Å². The molecule has 2 nitrogen and oxygen atoms in total. The number of ketones is 1. The van der Waals surface area contributed by atoms with Crippen LogP contribution in [-0.2, 0) is 16.6 Å². The minimum atomic E-state index is 0.0790. The van der Waals surface area contributed by atoms with E-state index in [0.717, 1.165) is 10.7 Å². The zero-order valence-electron chi connectivity index (χ0n) is 10.1. The van der Waals surface area contributed by atoms with Crippen LogP contribution in [0.15, 0.2) is 5.38 Å². The number of rotatable bonds is 3. The molecule has 0 aliphatic carbocycles. The van der Waals surface area contributed by atoms with Gasteiger partial charge in [-0.05, 0) is 0 Å². The summed E-state index contributed by atoms with van der Waals surface area (Å²) in [6, 6.07) is 0. The van der Waals surface area contributed by atoms with Gasteiger partial charge in [-0.3, -0.25) is 4.79 Å².